The van der Waals surface area contributed by atoms with Crippen LogP contribution in [0, 0.1) is 5.92 Å². The van der Waals surface area contributed by atoms with Gasteiger partial charge in [-0.25, -0.2) is 0 Å². The highest BCUT2D eigenvalue weighted by molar-refractivity contribution is 5.50. The molecule has 2 heteroatoms. The predicted molar refractivity (Wildman–Crippen MR) is 90.0 cm³/mol. The smallest absolute Gasteiger partial charge is 0.119 e. The quantitative estimate of drug-likeness (QED) is 0.792. The van der Waals surface area contributed by atoms with E-state index in [1.165, 1.54) is 23.1 Å². The van der Waals surface area contributed by atoms with Gasteiger partial charge in [0.05, 0.1) is 14.2 Å². The molecule has 0 aromatic heterocycles. The second kappa shape index (κ2) is 6.04. The third kappa shape index (κ3) is 2.37. The van der Waals surface area contributed by atoms with Crippen molar-refractivity contribution in [3.63, 3.8) is 0 Å². The molecular weight excluding hydrogens is 272 g/mol. The maximum absolute atomic E-state index is 5.44. The molecule has 0 saturated heterocycles. The van der Waals surface area contributed by atoms with Crippen molar-refractivity contribution in [2.24, 2.45) is 5.92 Å². The predicted octanol–water partition coefficient (Wildman–Crippen LogP) is 4.98. The fourth-order valence-electron chi connectivity index (χ4n) is 3.97. The summed E-state index contributed by atoms with van der Waals surface area (Å²) in [7, 11) is 3.44. The molecule has 22 heavy (non-hydrogen) atoms. The highest BCUT2D eigenvalue weighted by Gasteiger charge is 2.37. The minimum absolute atomic E-state index is 0.431. The zero-order valence-electron chi connectivity index (χ0n) is 13.8. The summed E-state index contributed by atoms with van der Waals surface area (Å²) >= 11 is 0. The molecule has 1 aliphatic carbocycles. The Hall–Kier alpha value is -1.96. The summed E-state index contributed by atoms with van der Waals surface area (Å²) in [5, 5.41) is 0. The third-order valence-electron chi connectivity index (χ3n) is 5.10. The molecule has 0 heterocycles. The van der Waals surface area contributed by atoms with Gasteiger partial charge in [0.15, 0.2) is 0 Å². The maximum Gasteiger partial charge on any atom is 0.119 e. The monoisotopic (exact) mass is 296 g/mol. The standard InChI is InChI=1S/C20H24O2/c1-5-17-13(2)20(14-6-8-15(21-3)9-7-14)19-12-16(22-4)10-11-18(17)19/h6-13,17,20H,5H2,1-4H3/t13-,17+,20+/m1/s1. The minimum atomic E-state index is 0.431. The zero-order chi connectivity index (χ0) is 15.7. The fraction of sp³-hybridized carbons (Fsp3) is 0.400. The van der Waals surface area contributed by atoms with Gasteiger partial charge in [-0.05, 0) is 59.2 Å². The van der Waals surface area contributed by atoms with Gasteiger partial charge in [-0.1, -0.05) is 32.0 Å². The number of hydrogen-bond donors (Lipinski definition) is 0. The Morgan fingerprint density at radius 3 is 2.09 bits per heavy atom. The van der Waals surface area contributed by atoms with E-state index in [4.69, 9.17) is 9.47 Å². The first kappa shape index (κ1) is 15.0. The lowest BCUT2D eigenvalue weighted by Gasteiger charge is -2.21. The summed E-state index contributed by atoms with van der Waals surface area (Å²) < 4.78 is 10.7. The number of rotatable bonds is 4. The van der Waals surface area contributed by atoms with Crippen LogP contribution in [0.3, 0.4) is 0 Å². The van der Waals surface area contributed by atoms with Gasteiger partial charge in [0, 0.05) is 5.92 Å². The van der Waals surface area contributed by atoms with Gasteiger partial charge in [-0.3, -0.25) is 0 Å². The van der Waals surface area contributed by atoms with Crippen LogP contribution >= 0.6 is 0 Å². The van der Waals surface area contributed by atoms with E-state index in [2.05, 4.69) is 56.3 Å². The summed E-state index contributed by atoms with van der Waals surface area (Å²) in [5.74, 6) is 3.50. The molecule has 0 amide bonds. The van der Waals surface area contributed by atoms with Crippen molar-refractivity contribution in [1.82, 2.24) is 0 Å². The van der Waals surface area contributed by atoms with Crippen molar-refractivity contribution >= 4 is 0 Å². The Bertz CT molecular complexity index is 645. The zero-order valence-corrected chi connectivity index (χ0v) is 13.8. The van der Waals surface area contributed by atoms with Crippen molar-refractivity contribution in [2.45, 2.75) is 32.1 Å². The largest absolute Gasteiger partial charge is 0.497 e. The van der Waals surface area contributed by atoms with Crippen LogP contribution in [0.2, 0.25) is 0 Å². The first-order chi connectivity index (χ1) is 10.7. The van der Waals surface area contributed by atoms with Crippen molar-refractivity contribution in [1.29, 1.82) is 0 Å². The van der Waals surface area contributed by atoms with E-state index in [0.717, 1.165) is 11.5 Å². The molecule has 0 fully saturated rings. The van der Waals surface area contributed by atoms with Gasteiger partial charge in [0.1, 0.15) is 11.5 Å². The van der Waals surface area contributed by atoms with Gasteiger partial charge in [0.2, 0.25) is 0 Å². The second-order valence-electron chi connectivity index (χ2n) is 6.12. The number of fused-ring (bicyclic) bond motifs is 1. The van der Waals surface area contributed by atoms with E-state index in [1.807, 2.05) is 0 Å². The van der Waals surface area contributed by atoms with Crippen LogP contribution in [0.1, 0.15) is 48.8 Å². The van der Waals surface area contributed by atoms with E-state index >= 15 is 0 Å². The van der Waals surface area contributed by atoms with Crippen LogP contribution in [0.15, 0.2) is 42.5 Å². The first-order valence-electron chi connectivity index (χ1n) is 8.01. The molecule has 3 atom stereocenters. The maximum atomic E-state index is 5.44. The van der Waals surface area contributed by atoms with Crippen molar-refractivity contribution in [3.8, 4) is 11.5 Å². The Balaban J connectivity index is 2.07. The number of benzene rings is 2. The Morgan fingerprint density at radius 2 is 1.50 bits per heavy atom. The highest BCUT2D eigenvalue weighted by Crippen LogP contribution is 2.51. The molecule has 3 rings (SSSR count). The van der Waals surface area contributed by atoms with Crippen molar-refractivity contribution in [2.75, 3.05) is 14.2 Å². The van der Waals surface area contributed by atoms with Crippen LogP contribution < -0.4 is 9.47 Å². The van der Waals surface area contributed by atoms with E-state index < -0.39 is 0 Å². The molecule has 0 radical (unpaired) electrons. The molecular formula is C20H24O2. The average Bonchev–Trinajstić information content (AvgIpc) is 2.85. The second-order valence-corrected chi connectivity index (χ2v) is 6.12. The van der Waals surface area contributed by atoms with Crippen LogP contribution in [0.4, 0.5) is 0 Å². The van der Waals surface area contributed by atoms with E-state index in [9.17, 15) is 0 Å². The number of hydrogen-bond acceptors (Lipinski definition) is 2. The Morgan fingerprint density at radius 1 is 0.864 bits per heavy atom. The first-order valence-corrected chi connectivity index (χ1v) is 8.01. The summed E-state index contributed by atoms with van der Waals surface area (Å²) in [4.78, 5) is 0. The van der Waals surface area contributed by atoms with E-state index in [1.54, 1.807) is 14.2 Å². The highest BCUT2D eigenvalue weighted by atomic mass is 16.5. The summed E-state index contributed by atoms with van der Waals surface area (Å²) in [5.41, 5.74) is 4.26. The molecule has 2 aromatic carbocycles. The van der Waals surface area contributed by atoms with Crippen LogP contribution in [0.5, 0.6) is 11.5 Å². The summed E-state index contributed by atoms with van der Waals surface area (Å²) in [6.45, 7) is 4.65. The molecule has 0 N–H and O–H groups in total. The molecule has 0 bridgehead atoms. The lowest BCUT2D eigenvalue weighted by molar-refractivity contribution is 0.412. The van der Waals surface area contributed by atoms with Gasteiger partial charge in [-0.2, -0.15) is 0 Å². The SMILES string of the molecule is CC[C@@H]1c2ccc(OC)cc2[C@H](c2ccc(OC)cc2)[C@@H]1C. The number of ether oxygens (including phenoxy) is 2. The van der Waals surface area contributed by atoms with Gasteiger partial charge < -0.3 is 9.47 Å². The molecule has 2 nitrogen and oxygen atoms in total. The van der Waals surface area contributed by atoms with Gasteiger partial charge >= 0.3 is 0 Å². The molecule has 2 aromatic rings. The van der Waals surface area contributed by atoms with Crippen LogP contribution in [0.25, 0.3) is 0 Å². The third-order valence-corrected chi connectivity index (χ3v) is 5.10. The molecule has 0 spiro atoms. The fourth-order valence-corrected chi connectivity index (χ4v) is 3.97. The average molecular weight is 296 g/mol. The van der Waals surface area contributed by atoms with Gasteiger partial charge in [-0.15, -0.1) is 0 Å². The van der Waals surface area contributed by atoms with E-state index in [0.29, 0.717) is 17.8 Å². The lowest BCUT2D eigenvalue weighted by Crippen LogP contribution is -2.09. The minimum Gasteiger partial charge on any atom is -0.497 e. The van der Waals surface area contributed by atoms with Crippen LogP contribution in [-0.4, -0.2) is 14.2 Å². The molecule has 0 aliphatic heterocycles. The van der Waals surface area contributed by atoms with Crippen molar-refractivity contribution < 1.29 is 9.47 Å². The van der Waals surface area contributed by atoms with Gasteiger partial charge in [0.25, 0.3) is 0 Å². The molecule has 0 unspecified atom stereocenters. The topological polar surface area (TPSA) is 18.5 Å². The molecule has 116 valence electrons. The summed E-state index contributed by atoms with van der Waals surface area (Å²) in [6, 6.07) is 15.1. The Labute approximate surface area is 133 Å². The molecule has 1 aliphatic rings. The van der Waals surface area contributed by atoms with Crippen LogP contribution in [-0.2, 0) is 0 Å². The van der Waals surface area contributed by atoms with Crippen molar-refractivity contribution in [3.05, 3.63) is 59.2 Å². The summed E-state index contributed by atoms with van der Waals surface area (Å²) in [6.07, 6.45) is 1.17. The lowest BCUT2D eigenvalue weighted by atomic mass is 9.83. The normalized spacial score (nSPS) is 23.2. The van der Waals surface area contributed by atoms with E-state index in [-0.39, 0.29) is 0 Å². The number of methoxy groups -OCH3 is 2. The Kier molecular flexibility index (Phi) is 4.10. The molecule has 0 saturated carbocycles.